The Kier molecular flexibility index (Phi) is 3.96. The molecule has 0 aliphatic carbocycles. The van der Waals surface area contributed by atoms with Crippen molar-refractivity contribution in [2.45, 2.75) is 19.4 Å². The van der Waals surface area contributed by atoms with Crippen molar-refractivity contribution in [2.75, 3.05) is 12.0 Å². The van der Waals surface area contributed by atoms with Crippen molar-refractivity contribution in [1.82, 2.24) is 0 Å². The van der Waals surface area contributed by atoms with E-state index in [2.05, 4.69) is 36.1 Å². The van der Waals surface area contributed by atoms with Crippen LogP contribution >= 0.6 is 0 Å². The van der Waals surface area contributed by atoms with Crippen molar-refractivity contribution >= 4 is 11.5 Å². The smallest absolute Gasteiger partial charge is 0.159 e. The number of hydrogen-bond donors (Lipinski definition) is 0. The molecular formula is C19H19NO2. The van der Waals surface area contributed by atoms with Crippen LogP contribution in [-0.2, 0) is 4.79 Å². The summed E-state index contributed by atoms with van der Waals surface area (Å²) in [6.45, 7) is 2.07. The van der Waals surface area contributed by atoms with Crippen LogP contribution in [0.15, 0.2) is 60.8 Å². The van der Waals surface area contributed by atoms with Crippen LogP contribution in [0.1, 0.15) is 23.6 Å². The fraction of sp³-hybridized carbons (Fsp3) is 0.211. The van der Waals surface area contributed by atoms with Crippen molar-refractivity contribution in [2.24, 2.45) is 0 Å². The fourth-order valence-corrected chi connectivity index (χ4v) is 2.71. The van der Waals surface area contributed by atoms with Crippen molar-refractivity contribution < 1.29 is 9.53 Å². The number of ketones is 1. The average Bonchev–Trinajstić information content (AvgIpc) is 2.56. The van der Waals surface area contributed by atoms with E-state index in [1.165, 1.54) is 5.56 Å². The van der Waals surface area contributed by atoms with Gasteiger partial charge < -0.3 is 9.64 Å². The van der Waals surface area contributed by atoms with Crippen molar-refractivity contribution in [3.05, 3.63) is 71.9 Å². The molecule has 2 aromatic carbocycles. The number of methoxy groups -OCH3 is 1. The molecule has 0 fully saturated rings. The molecule has 0 amide bonds. The van der Waals surface area contributed by atoms with Gasteiger partial charge >= 0.3 is 0 Å². The van der Waals surface area contributed by atoms with E-state index in [0.717, 1.165) is 17.0 Å². The van der Waals surface area contributed by atoms with Gasteiger partial charge in [0, 0.05) is 18.3 Å². The molecule has 3 heteroatoms. The summed E-state index contributed by atoms with van der Waals surface area (Å²) in [4.78, 5) is 14.0. The van der Waals surface area contributed by atoms with Gasteiger partial charge in [-0.1, -0.05) is 29.8 Å². The third kappa shape index (κ3) is 2.89. The molecule has 112 valence electrons. The number of carbonyl (C=O) groups is 1. The van der Waals surface area contributed by atoms with Crippen LogP contribution in [0.4, 0.5) is 5.69 Å². The van der Waals surface area contributed by atoms with Crippen molar-refractivity contribution in [3.63, 3.8) is 0 Å². The van der Waals surface area contributed by atoms with Crippen LogP contribution in [0.5, 0.6) is 5.75 Å². The predicted octanol–water partition coefficient (Wildman–Crippen LogP) is 4.04. The van der Waals surface area contributed by atoms with Gasteiger partial charge in [0.2, 0.25) is 0 Å². The second kappa shape index (κ2) is 6.06. The highest BCUT2D eigenvalue weighted by Crippen LogP contribution is 2.33. The molecule has 0 bridgehead atoms. The first-order valence-electron chi connectivity index (χ1n) is 7.37. The normalized spacial score (nSPS) is 17.6. The molecule has 0 saturated carbocycles. The second-order valence-corrected chi connectivity index (χ2v) is 5.52. The zero-order chi connectivity index (χ0) is 15.5. The highest BCUT2D eigenvalue weighted by atomic mass is 16.5. The summed E-state index contributed by atoms with van der Waals surface area (Å²) in [6, 6.07) is 16.3. The van der Waals surface area contributed by atoms with E-state index in [1.54, 1.807) is 13.2 Å². The maximum Gasteiger partial charge on any atom is 0.159 e. The summed E-state index contributed by atoms with van der Waals surface area (Å²) in [5.74, 6) is 0.979. The Labute approximate surface area is 130 Å². The molecule has 0 saturated heterocycles. The zero-order valence-corrected chi connectivity index (χ0v) is 12.8. The molecule has 0 N–H and O–H groups in total. The monoisotopic (exact) mass is 293 g/mol. The van der Waals surface area contributed by atoms with E-state index in [4.69, 9.17) is 4.74 Å². The van der Waals surface area contributed by atoms with Crippen LogP contribution in [-0.4, -0.2) is 12.9 Å². The standard InChI is InChI=1S/C19H19NO2/c1-14-3-7-16(8-4-14)20-12-11-17(21)13-19(20)15-5-9-18(22-2)10-6-15/h3-12,19H,13H2,1-2H3. The van der Waals surface area contributed by atoms with Crippen LogP contribution in [0.3, 0.4) is 0 Å². The van der Waals surface area contributed by atoms with Crippen LogP contribution in [0.25, 0.3) is 0 Å². The maximum absolute atomic E-state index is 11.9. The van der Waals surface area contributed by atoms with Gasteiger partial charge in [0.1, 0.15) is 5.75 Å². The van der Waals surface area contributed by atoms with E-state index in [1.807, 2.05) is 30.5 Å². The number of benzene rings is 2. The van der Waals surface area contributed by atoms with Gasteiger partial charge in [-0.25, -0.2) is 0 Å². The summed E-state index contributed by atoms with van der Waals surface area (Å²) in [7, 11) is 1.65. The van der Waals surface area contributed by atoms with Gasteiger partial charge in [-0.15, -0.1) is 0 Å². The molecule has 22 heavy (non-hydrogen) atoms. The van der Waals surface area contributed by atoms with Gasteiger partial charge in [-0.2, -0.15) is 0 Å². The summed E-state index contributed by atoms with van der Waals surface area (Å²) in [6.07, 6.45) is 4.02. The van der Waals surface area contributed by atoms with E-state index in [9.17, 15) is 4.79 Å². The number of anilines is 1. The number of hydrogen-bond acceptors (Lipinski definition) is 3. The lowest BCUT2D eigenvalue weighted by atomic mass is 9.96. The molecule has 1 atom stereocenters. The van der Waals surface area contributed by atoms with Gasteiger partial charge in [-0.3, -0.25) is 4.79 Å². The first-order valence-corrected chi connectivity index (χ1v) is 7.37. The Morgan fingerprint density at radius 1 is 1.05 bits per heavy atom. The molecular weight excluding hydrogens is 274 g/mol. The third-order valence-corrected chi connectivity index (χ3v) is 3.98. The molecule has 3 rings (SSSR count). The quantitative estimate of drug-likeness (QED) is 0.855. The minimum atomic E-state index is 0.0195. The number of allylic oxidation sites excluding steroid dienone is 1. The average molecular weight is 293 g/mol. The number of carbonyl (C=O) groups excluding carboxylic acids is 1. The van der Waals surface area contributed by atoms with Crippen LogP contribution in [0.2, 0.25) is 0 Å². The molecule has 0 radical (unpaired) electrons. The Morgan fingerprint density at radius 3 is 2.36 bits per heavy atom. The molecule has 1 unspecified atom stereocenters. The summed E-state index contributed by atoms with van der Waals surface area (Å²) < 4.78 is 5.21. The predicted molar refractivity (Wildman–Crippen MR) is 88.2 cm³/mol. The minimum Gasteiger partial charge on any atom is -0.497 e. The van der Waals surface area contributed by atoms with E-state index in [-0.39, 0.29) is 11.8 Å². The lowest BCUT2D eigenvalue weighted by molar-refractivity contribution is -0.115. The Morgan fingerprint density at radius 2 is 1.73 bits per heavy atom. The van der Waals surface area contributed by atoms with Crippen molar-refractivity contribution in [3.8, 4) is 5.75 Å². The lowest BCUT2D eigenvalue weighted by Gasteiger charge is -2.33. The second-order valence-electron chi connectivity index (χ2n) is 5.52. The highest BCUT2D eigenvalue weighted by Gasteiger charge is 2.25. The summed E-state index contributed by atoms with van der Waals surface area (Å²) >= 11 is 0. The van der Waals surface area contributed by atoms with E-state index >= 15 is 0 Å². The molecule has 0 spiro atoms. The van der Waals surface area contributed by atoms with Gasteiger partial charge in [0.05, 0.1) is 13.2 Å². The van der Waals surface area contributed by atoms with Gasteiger partial charge in [0.25, 0.3) is 0 Å². The lowest BCUT2D eigenvalue weighted by Crippen LogP contribution is -2.28. The SMILES string of the molecule is COc1ccc(C2CC(=O)C=CN2c2ccc(C)cc2)cc1. The first kappa shape index (κ1) is 14.4. The topological polar surface area (TPSA) is 29.5 Å². The van der Waals surface area contributed by atoms with E-state index < -0.39 is 0 Å². The fourth-order valence-electron chi connectivity index (χ4n) is 2.71. The molecule has 1 heterocycles. The first-order chi connectivity index (χ1) is 10.7. The van der Waals surface area contributed by atoms with Crippen molar-refractivity contribution in [1.29, 1.82) is 0 Å². The third-order valence-electron chi connectivity index (χ3n) is 3.98. The number of rotatable bonds is 3. The minimum absolute atomic E-state index is 0.0195. The van der Waals surface area contributed by atoms with E-state index in [0.29, 0.717) is 6.42 Å². The Bertz CT molecular complexity index is 686. The molecule has 0 aromatic heterocycles. The summed E-state index contributed by atoms with van der Waals surface area (Å²) in [5.41, 5.74) is 3.43. The number of nitrogens with zero attached hydrogens (tertiary/aromatic N) is 1. The number of ether oxygens (including phenoxy) is 1. The van der Waals surface area contributed by atoms with Crippen LogP contribution in [0, 0.1) is 6.92 Å². The molecule has 3 nitrogen and oxygen atoms in total. The van der Waals surface area contributed by atoms with Crippen LogP contribution < -0.4 is 9.64 Å². The van der Waals surface area contributed by atoms with Gasteiger partial charge in [0.15, 0.2) is 5.78 Å². The Hall–Kier alpha value is -2.55. The zero-order valence-electron chi connectivity index (χ0n) is 12.8. The van der Waals surface area contributed by atoms with Gasteiger partial charge in [-0.05, 0) is 42.8 Å². The largest absolute Gasteiger partial charge is 0.497 e. The molecule has 2 aromatic rings. The maximum atomic E-state index is 11.9. The molecule has 1 aliphatic rings. The highest BCUT2D eigenvalue weighted by molar-refractivity contribution is 5.92. The number of aryl methyl sites for hydroxylation is 1. The molecule has 1 aliphatic heterocycles. The Balaban J connectivity index is 1.96. The summed E-state index contributed by atoms with van der Waals surface area (Å²) in [5, 5.41) is 0.